The number of nitrogens with zero attached hydrogens (tertiary/aromatic N) is 2. The molecule has 0 saturated carbocycles. The van der Waals surface area contributed by atoms with Gasteiger partial charge in [-0.15, -0.1) is 0 Å². The van der Waals surface area contributed by atoms with Crippen LogP contribution in [0.1, 0.15) is 23.1 Å². The van der Waals surface area contributed by atoms with E-state index >= 15 is 0 Å². The topological polar surface area (TPSA) is 55.3 Å². The van der Waals surface area contributed by atoms with Crippen molar-refractivity contribution in [1.82, 2.24) is 9.88 Å². The van der Waals surface area contributed by atoms with Gasteiger partial charge >= 0.3 is 0 Å². The number of aryl methyl sites for hydroxylation is 1. The lowest BCUT2D eigenvalue weighted by molar-refractivity contribution is 0.221. The van der Waals surface area contributed by atoms with Crippen molar-refractivity contribution in [3.05, 3.63) is 53.7 Å². The number of likely N-dealkylation sites (N-methyl/N-ethyl adjacent to an activating group) is 1. The summed E-state index contributed by atoms with van der Waals surface area (Å²) >= 11 is 0. The fourth-order valence-electron chi connectivity index (χ4n) is 2.16. The second-order valence-corrected chi connectivity index (χ2v) is 4.79. The molecule has 2 heterocycles. The molecule has 2 rings (SSSR count). The minimum absolute atomic E-state index is 0.135. The first kappa shape index (κ1) is 13.8. The second-order valence-electron chi connectivity index (χ2n) is 4.79. The molecular weight excluding hydrogens is 238 g/mol. The van der Waals surface area contributed by atoms with Crippen molar-refractivity contribution in [2.75, 3.05) is 20.1 Å². The maximum Gasteiger partial charge on any atom is 0.122 e. The Morgan fingerprint density at radius 1 is 1.26 bits per heavy atom. The zero-order valence-electron chi connectivity index (χ0n) is 11.5. The number of hydrogen-bond acceptors (Lipinski definition) is 4. The lowest BCUT2D eigenvalue weighted by atomic mass is 10.1. The Morgan fingerprint density at radius 3 is 2.58 bits per heavy atom. The highest BCUT2D eigenvalue weighted by Gasteiger charge is 2.18. The molecule has 0 aliphatic rings. The van der Waals surface area contributed by atoms with Crippen LogP contribution in [0.3, 0.4) is 0 Å². The van der Waals surface area contributed by atoms with Gasteiger partial charge in [-0.25, -0.2) is 0 Å². The van der Waals surface area contributed by atoms with Crippen LogP contribution in [0.5, 0.6) is 0 Å². The van der Waals surface area contributed by atoms with Crippen LogP contribution in [-0.4, -0.2) is 30.0 Å². The summed E-state index contributed by atoms with van der Waals surface area (Å²) in [5.41, 5.74) is 7.16. The van der Waals surface area contributed by atoms with E-state index in [1.165, 1.54) is 5.56 Å². The smallest absolute Gasteiger partial charge is 0.122 e. The van der Waals surface area contributed by atoms with E-state index in [4.69, 9.17) is 10.2 Å². The fourth-order valence-corrected chi connectivity index (χ4v) is 2.16. The van der Waals surface area contributed by atoms with E-state index in [0.717, 1.165) is 24.5 Å². The summed E-state index contributed by atoms with van der Waals surface area (Å²) in [4.78, 5) is 6.26. The standard InChI is InChI=1S/C15H21N3O/c1-12-3-4-15(19-12)14(11-16)18(2)10-7-13-5-8-17-9-6-13/h3-6,8-9,14H,7,10-11,16H2,1-2H3. The number of aromatic nitrogens is 1. The molecule has 0 saturated heterocycles. The van der Waals surface area contributed by atoms with Crippen LogP contribution in [0.2, 0.25) is 0 Å². The number of hydrogen-bond donors (Lipinski definition) is 1. The van der Waals surface area contributed by atoms with E-state index < -0.39 is 0 Å². The van der Waals surface area contributed by atoms with Gasteiger partial charge in [-0.1, -0.05) is 0 Å². The Kier molecular flexibility index (Phi) is 4.71. The summed E-state index contributed by atoms with van der Waals surface area (Å²) in [5, 5.41) is 0. The largest absolute Gasteiger partial charge is 0.465 e. The van der Waals surface area contributed by atoms with Gasteiger partial charge in [-0.05, 0) is 50.2 Å². The number of rotatable bonds is 6. The third-order valence-corrected chi connectivity index (χ3v) is 3.35. The molecule has 4 heteroatoms. The summed E-state index contributed by atoms with van der Waals surface area (Å²) in [7, 11) is 2.08. The van der Waals surface area contributed by atoms with Crippen LogP contribution in [-0.2, 0) is 6.42 Å². The maximum absolute atomic E-state index is 5.87. The summed E-state index contributed by atoms with van der Waals surface area (Å²) in [6.45, 7) is 3.44. The quantitative estimate of drug-likeness (QED) is 0.863. The molecule has 0 bridgehead atoms. The molecule has 19 heavy (non-hydrogen) atoms. The lowest BCUT2D eigenvalue weighted by Crippen LogP contribution is -2.31. The first-order valence-electron chi connectivity index (χ1n) is 6.56. The molecule has 2 aromatic rings. The Balaban J connectivity index is 1.96. The normalized spacial score (nSPS) is 12.8. The fraction of sp³-hybridized carbons (Fsp3) is 0.400. The molecule has 2 aromatic heterocycles. The maximum atomic E-state index is 5.87. The van der Waals surface area contributed by atoms with Gasteiger partial charge in [-0.3, -0.25) is 9.88 Å². The molecular formula is C15H21N3O. The predicted octanol–water partition coefficient (Wildman–Crippen LogP) is 2.16. The van der Waals surface area contributed by atoms with Crippen LogP contribution in [0.25, 0.3) is 0 Å². The SMILES string of the molecule is Cc1ccc(C(CN)N(C)CCc2ccncc2)o1. The summed E-state index contributed by atoms with van der Waals surface area (Å²) in [6.07, 6.45) is 4.63. The number of pyridine rings is 1. The number of furan rings is 1. The molecule has 4 nitrogen and oxygen atoms in total. The van der Waals surface area contributed by atoms with Crippen molar-refractivity contribution in [2.45, 2.75) is 19.4 Å². The van der Waals surface area contributed by atoms with Crippen LogP contribution >= 0.6 is 0 Å². The van der Waals surface area contributed by atoms with E-state index in [1.54, 1.807) is 0 Å². The predicted molar refractivity (Wildman–Crippen MR) is 75.8 cm³/mol. The van der Waals surface area contributed by atoms with Gasteiger partial charge in [0, 0.05) is 25.5 Å². The highest BCUT2D eigenvalue weighted by atomic mass is 16.3. The summed E-state index contributed by atoms with van der Waals surface area (Å²) in [6, 6.07) is 8.21. The summed E-state index contributed by atoms with van der Waals surface area (Å²) < 4.78 is 5.68. The molecule has 1 unspecified atom stereocenters. The Hall–Kier alpha value is -1.65. The van der Waals surface area contributed by atoms with Crippen molar-refractivity contribution >= 4 is 0 Å². The lowest BCUT2D eigenvalue weighted by Gasteiger charge is -2.25. The van der Waals surface area contributed by atoms with Crippen molar-refractivity contribution in [2.24, 2.45) is 5.73 Å². The summed E-state index contributed by atoms with van der Waals surface area (Å²) in [5.74, 6) is 1.87. The highest BCUT2D eigenvalue weighted by molar-refractivity contribution is 5.12. The first-order chi connectivity index (χ1) is 9.20. The minimum atomic E-state index is 0.135. The van der Waals surface area contributed by atoms with Gasteiger partial charge < -0.3 is 10.2 Å². The van der Waals surface area contributed by atoms with Gasteiger partial charge in [0.1, 0.15) is 11.5 Å². The van der Waals surface area contributed by atoms with Crippen LogP contribution in [0, 0.1) is 6.92 Å². The monoisotopic (exact) mass is 259 g/mol. The zero-order chi connectivity index (χ0) is 13.7. The van der Waals surface area contributed by atoms with Crippen molar-refractivity contribution in [1.29, 1.82) is 0 Å². The number of nitrogens with two attached hydrogens (primary N) is 1. The van der Waals surface area contributed by atoms with E-state index in [-0.39, 0.29) is 6.04 Å². The average Bonchev–Trinajstić information content (AvgIpc) is 2.85. The zero-order valence-corrected chi connectivity index (χ0v) is 11.5. The van der Waals surface area contributed by atoms with Gasteiger partial charge in [0.25, 0.3) is 0 Å². The molecule has 1 atom stereocenters. The van der Waals surface area contributed by atoms with Crippen molar-refractivity contribution < 1.29 is 4.42 Å². The minimum Gasteiger partial charge on any atom is -0.465 e. The van der Waals surface area contributed by atoms with Crippen molar-refractivity contribution in [3.8, 4) is 0 Å². The molecule has 0 aliphatic carbocycles. The van der Waals surface area contributed by atoms with Gasteiger partial charge in [0.05, 0.1) is 6.04 Å². The van der Waals surface area contributed by atoms with Gasteiger partial charge in [0.2, 0.25) is 0 Å². The van der Waals surface area contributed by atoms with E-state index in [1.807, 2.05) is 43.6 Å². The molecule has 0 amide bonds. The van der Waals surface area contributed by atoms with E-state index in [0.29, 0.717) is 6.54 Å². The Bertz CT molecular complexity index is 495. The molecule has 0 radical (unpaired) electrons. The molecule has 0 aromatic carbocycles. The Morgan fingerprint density at radius 2 is 2.00 bits per heavy atom. The molecule has 0 aliphatic heterocycles. The van der Waals surface area contributed by atoms with E-state index in [9.17, 15) is 0 Å². The molecule has 2 N–H and O–H groups in total. The first-order valence-corrected chi connectivity index (χ1v) is 6.56. The molecule has 102 valence electrons. The highest BCUT2D eigenvalue weighted by Crippen LogP contribution is 2.20. The van der Waals surface area contributed by atoms with Crippen molar-refractivity contribution in [3.63, 3.8) is 0 Å². The molecule has 0 fully saturated rings. The molecule has 0 spiro atoms. The van der Waals surface area contributed by atoms with E-state index in [2.05, 4.69) is 16.9 Å². The third-order valence-electron chi connectivity index (χ3n) is 3.35. The second kappa shape index (κ2) is 6.50. The van der Waals surface area contributed by atoms with Crippen LogP contribution < -0.4 is 5.73 Å². The van der Waals surface area contributed by atoms with Gasteiger partial charge in [-0.2, -0.15) is 0 Å². The average molecular weight is 259 g/mol. The van der Waals surface area contributed by atoms with Gasteiger partial charge in [0.15, 0.2) is 0 Å². The van der Waals surface area contributed by atoms with Crippen LogP contribution in [0.4, 0.5) is 0 Å². The Labute approximate surface area is 114 Å². The third kappa shape index (κ3) is 3.66. The van der Waals surface area contributed by atoms with Crippen LogP contribution in [0.15, 0.2) is 41.1 Å².